The molecule has 0 radical (unpaired) electrons. The van der Waals surface area contributed by atoms with Crippen molar-refractivity contribution in [2.24, 2.45) is 0 Å². The van der Waals surface area contributed by atoms with Crippen LogP contribution in [0.5, 0.6) is 0 Å². The van der Waals surface area contributed by atoms with Gasteiger partial charge in [-0.3, -0.25) is 14.9 Å². The molecular formula is C13H13N3O5S. The molecule has 9 heteroatoms. The van der Waals surface area contributed by atoms with Crippen LogP contribution in [0, 0.1) is 0 Å². The van der Waals surface area contributed by atoms with Crippen molar-refractivity contribution in [1.82, 2.24) is 10.0 Å². The van der Waals surface area contributed by atoms with Crippen LogP contribution < -0.4 is 15.8 Å². The van der Waals surface area contributed by atoms with Gasteiger partial charge in [0.05, 0.1) is 0 Å². The smallest absolute Gasteiger partial charge is 0.293 e. The Morgan fingerprint density at radius 3 is 2.27 bits per heavy atom. The second-order valence-electron chi connectivity index (χ2n) is 4.23. The number of hydrogen-bond donors (Lipinski definition) is 3. The molecule has 0 unspecified atom stereocenters. The maximum atomic E-state index is 11.9. The highest BCUT2D eigenvalue weighted by molar-refractivity contribution is 7.89. The van der Waals surface area contributed by atoms with Gasteiger partial charge in [0.1, 0.15) is 0 Å². The monoisotopic (exact) mass is 323 g/mol. The Labute approximate surface area is 126 Å². The van der Waals surface area contributed by atoms with Gasteiger partial charge in [-0.05, 0) is 43.4 Å². The number of imide groups is 1. The fourth-order valence-corrected chi connectivity index (χ4v) is 2.21. The van der Waals surface area contributed by atoms with E-state index in [1.54, 1.807) is 0 Å². The molecular weight excluding hydrogens is 310 g/mol. The highest BCUT2D eigenvalue weighted by atomic mass is 32.2. The SMILES string of the molecule is CNS(=O)(=O)c1ccc(C(=O)NC(=O)c2ccc(N)cc2)o1. The third-order valence-corrected chi connectivity index (χ3v) is 4.03. The van der Waals surface area contributed by atoms with Crippen molar-refractivity contribution in [2.45, 2.75) is 5.09 Å². The predicted octanol–water partition coefficient (Wildman–Crippen LogP) is 0.340. The second-order valence-corrected chi connectivity index (χ2v) is 6.05. The fraction of sp³-hybridized carbons (Fsp3) is 0.0769. The maximum absolute atomic E-state index is 11.9. The van der Waals surface area contributed by atoms with Gasteiger partial charge in [-0.15, -0.1) is 0 Å². The molecule has 116 valence electrons. The molecule has 0 aliphatic heterocycles. The molecule has 2 rings (SSSR count). The fourth-order valence-electron chi connectivity index (χ4n) is 1.56. The molecule has 1 heterocycles. The summed E-state index contributed by atoms with van der Waals surface area (Å²) < 4.78 is 30.0. The van der Waals surface area contributed by atoms with E-state index in [1.165, 1.54) is 31.3 Å². The van der Waals surface area contributed by atoms with Crippen LogP contribution in [-0.4, -0.2) is 27.3 Å². The van der Waals surface area contributed by atoms with Crippen molar-refractivity contribution < 1.29 is 22.4 Å². The molecule has 0 saturated heterocycles. The largest absolute Gasteiger partial charge is 0.438 e. The summed E-state index contributed by atoms with van der Waals surface area (Å²) in [6, 6.07) is 8.23. The van der Waals surface area contributed by atoms with Gasteiger partial charge in [-0.25, -0.2) is 13.1 Å². The summed E-state index contributed by atoms with van der Waals surface area (Å²) in [6.45, 7) is 0. The Kier molecular flexibility index (Phi) is 4.29. The lowest BCUT2D eigenvalue weighted by molar-refractivity contribution is 0.0829. The minimum atomic E-state index is -3.79. The zero-order chi connectivity index (χ0) is 16.3. The molecule has 0 aliphatic carbocycles. The van der Waals surface area contributed by atoms with Gasteiger partial charge in [0.25, 0.3) is 21.8 Å². The van der Waals surface area contributed by atoms with Gasteiger partial charge in [0, 0.05) is 11.3 Å². The summed E-state index contributed by atoms with van der Waals surface area (Å²) in [5.74, 6) is -1.79. The standard InChI is InChI=1S/C13H13N3O5S/c1-15-22(19,20)11-7-6-10(21-11)13(18)16-12(17)8-2-4-9(14)5-3-8/h2-7,15H,14H2,1H3,(H,16,17,18). The summed E-state index contributed by atoms with van der Waals surface area (Å²) in [5.41, 5.74) is 6.22. The number of nitrogens with two attached hydrogens (primary N) is 1. The number of furan rings is 1. The zero-order valence-corrected chi connectivity index (χ0v) is 12.3. The van der Waals surface area contributed by atoms with E-state index in [9.17, 15) is 18.0 Å². The lowest BCUT2D eigenvalue weighted by Gasteiger charge is -2.02. The number of benzene rings is 1. The number of nitrogen functional groups attached to an aromatic ring is 1. The second kappa shape index (κ2) is 6.00. The number of anilines is 1. The van der Waals surface area contributed by atoms with E-state index in [-0.39, 0.29) is 11.3 Å². The number of rotatable bonds is 4. The molecule has 22 heavy (non-hydrogen) atoms. The first kappa shape index (κ1) is 15.7. The molecule has 1 aromatic carbocycles. The van der Waals surface area contributed by atoms with Crippen LogP contribution in [-0.2, 0) is 10.0 Å². The Morgan fingerprint density at radius 2 is 1.68 bits per heavy atom. The molecule has 0 saturated carbocycles. The van der Waals surface area contributed by atoms with Gasteiger partial charge < -0.3 is 10.2 Å². The summed E-state index contributed by atoms with van der Waals surface area (Å²) in [5, 5.41) is 1.67. The Bertz CT molecular complexity index is 808. The van der Waals surface area contributed by atoms with E-state index in [2.05, 4.69) is 5.32 Å². The molecule has 0 spiro atoms. The number of nitrogens with one attached hydrogen (secondary N) is 2. The number of carbonyl (C=O) groups excluding carboxylic acids is 2. The highest BCUT2D eigenvalue weighted by Crippen LogP contribution is 2.13. The van der Waals surface area contributed by atoms with Crippen molar-refractivity contribution in [3.63, 3.8) is 0 Å². The topological polar surface area (TPSA) is 132 Å². The zero-order valence-electron chi connectivity index (χ0n) is 11.5. The molecule has 2 aromatic rings. The molecule has 1 aromatic heterocycles. The van der Waals surface area contributed by atoms with E-state index >= 15 is 0 Å². The van der Waals surface area contributed by atoms with E-state index in [4.69, 9.17) is 10.2 Å². The third-order valence-electron chi connectivity index (χ3n) is 2.74. The van der Waals surface area contributed by atoms with Crippen LogP contribution in [0.15, 0.2) is 45.9 Å². The summed E-state index contributed by atoms with van der Waals surface area (Å²) in [4.78, 5) is 23.7. The van der Waals surface area contributed by atoms with Gasteiger partial charge >= 0.3 is 0 Å². The molecule has 0 fully saturated rings. The van der Waals surface area contributed by atoms with E-state index in [1.807, 2.05) is 4.72 Å². The normalized spacial score (nSPS) is 11.1. The first-order chi connectivity index (χ1) is 10.3. The van der Waals surface area contributed by atoms with Crippen molar-refractivity contribution in [1.29, 1.82) is 0 Å². The number of amides is 2. The van der Waals surface area contributed by atoms with Crippen molar-refractivity contribution in [2.75, 3.05) is 12.8 Å². The Balaban J connectivity index is 2.13. The molecule has 4 N–H and O–H groups in total. The van der Waals surface area contributed by atoms with Crippen LogP contribution in [0.3, 0.4) is 0 Å². The first-order valence-electron chi connectivity index (χ1n) is 6.08. The maximum Gasteiger partial charge on any atom is 0.293 e. The van der Waals surface area contributed by atoms with Gasteiger partial charge in [-0.2, -0.15) is 0 Å². The van der Waals surface area contributed by atoms with Crippen molar-refractivity contribution in [3.8, 4) is 0 Å². The quantitative estimate of drug-likeness (QED) is 0.549. The van der Waals surface area contributed by atoms with Gasteiger partial charge in [0.15, 0.2) is 5.76 Å². The van der Waals surface area contributed by atoms with E-state index in [0.717, 1.165) is 12.1 Å². The summed E-state index contributed by atoms with van der Waals surface area (Å²) >= 11 is 0. The Hall–Kier alpha value is -2.65. The minimum Gasteiger partial charge on any atom is -0.438 e. The van der Waals surface area contributed by atoms with Gasteiger partial charge in [0.2, 0.25) is 5.09 Å². The highest BCUT2D eigenvalue weighted by Gasteiger charge is 2.21. The lowest BCUT2D eigenvalue weighted by atomic mass is 10.2. The lowest BCUT2D eigenvalue weighted by Crippen LogP contribution is -2.30. The van der Waals surface area contributed by atoms with Crippen LogP contribution in [0.2, 0.25) is 0 Å². The van der Waals surface area contributed by atoms with E-state index < -0.39 is 26.9 Å². The van der Waals surface area contributed by atoms with Crippen LogP contribution in [0.4, 0.5) is 5.69 Å². The molecule has 2 amide bonds. The predicted molar refractivity (Wildman–Crippen MR) is 77.6 cm³/mol. The number of carbonyl (C=O) groups is 2. The average Bonchev–Trinajstić information content (AvgIpc) is 2.98. The molecule has 8 nitrogen and oxygen atoms in total. The average molecular weight is 323 g/mol. The minimum absolute atomic E-state index is 0.233. The van der Waals surface area contributed by atoms with Crippen LogP contribution in [0.25, 0.3) is 0 Å². The van der Waals surface area contributed by atoms with Crippen molar-refractivity contribution >= 4 is 27.5 Å². The van der Waals surface area contributed by atoms with Crippen LogP contribution >= 0.6 is 0 Å². The number of hydrogen-bond acceptors (Lipinski definition) is 6. The first-order valence-corrected chi connectivity index (χ1v) is 7.56. The Morgan fingerprint density at radius 1 is 1.05 bits per heavy atom. The summed E-state index contributed by atoms with van der Waals surface area (Å²) in [6.07, 6.45) is 0. The van der Waals surface area contributed by atoms with Crippen molar-refractivity contribution in [3.05, 3.63) is 47.7 Å². The molecule has 0 atom stereocenters. The molecule has 0 bridgehead atoms. The van der Waals surface area contributed by atoms with Crippen LogP contribution in [0.1, 0.15) is 20.9 Å². The molecule has 0 aliphatic rings. The number of sulfonamides is 1. The van der Waals surface area contributed by atoms with Gasteiger partial charge in [-0.1, -0.05) is 0 Å². The summed E-state index contributed by atoms with van der Waals surface area (Å²) in [7, 11) is -2.58. The van der Waals surface area contributed by atoms with E-state index in [0.29, 0.717) is 5.69 Å². The third kappa shape index (κ3) is 3.32.